The Hall–Kier alpha value is -3.96. The number of pyridine rings is 1. The zero-order valence-electron chi connectivity index (χ0n) is 19.2. The Morgan fingerprint density at radius 2 is 1.94 bits per heavy atom. The van der Waals surface area contributed by atoms with Gasteiger partial charge in [-0.2, -0.15) is 18.3 Å². The molecule has 4 aromatic rings. The molecule has 1 N–H and O–H groups in total. The number of hydrogen-bond donors (Lipinski definition) is 1. The highest BCUT2D eigenvalue weighted by molar-refractivity contribution is 5.80. The van der Waals surface area contributed by atoms with E-state index >= 15 is 0 Å². The highest BCUT2D eigenvalue weighted by Crippen LogP contribution is 2.35. The molecule has 36 heavy (non-hydrogen) atoms. The molecule has 6 rings (SSSR count). The van der Waals surface area contributed by atoms with Crippen molar-refractivity contribution in [2.75, 3.05) is 24.5 Å². The molecule has 5 heterocycles. The van der Waals surface area contributed by atoms with Crippen molar-refractivity contribution in [2.24, 2.45) is 5.92 Å². The number of carbonyl (C=O) groups excluding carboxylic acids is 1. The van der Waals surface area contributed by atoms with E-state index in [2.05, 4.69) is 30.0 Å². The van der Waals surface area contributed by atoms with Crippen LogP contribution >= 0.6 is 0 Å². The lowest BCUT2D eigenvalue weighted by molar-refractivity contribution is -0.141. The first-order valence-corrected chi connectivity index (χ1v) is 11.8. The lowest BCUT2D eigenvalue weighted by Gasteiger charge is -2.44. The molecule has 0 radical (unpaired) electrons. The summed E-state index contributed by atoms with van der Waals surface area (Å²) in [6, 6.07) is 3.91. The number of H-pyrrole nitrogens is 1. The van der Waals surface area contributed by atoms with Crippen LogP contribution < -0.4 is 4.90 Å². The maximum Gasteiger partial charge on any atom is 0.417 e. The second-order valence-electron chi connectivity index (χ2n) is 9.18. The normalized spacial score (nSPS) is 19.0. The maximum atomic E-state index is 13.3. The van der Waals surface area contributed by atoms with E-state index in [4.69, 9.17) is 0 Å². The number of rotatable bonds is 4. The Kier molecular flexibility index (Phi) is 5.38. The molecule has 1 saturated heterocycles. The zero-order valence-corrected chi connectivity index (χ0v) is 19.2. The van der Waals surface area contributed by atoms with E-state index in [1.807, 2.05) is 4.90 Å². The number of imidazole rings is 1. The zero-order chi connectivity index (χ0) is 24.9. The standard InChI is InChI=1S/C24H23F3N8O/c25-24(26,27)17-4-5-20-29-12-18(35(20)13-17)22-28-7-6-21(32-22)33-8-9-34(23(36)15-2-1-3-15)19(14-33)16-10-30-31-11-16/h4-7,10-13,15,19H,1-3,8-9,14H2,(H,30,31). The van der Waals surface area contributed by atoms with Gasteiger partial charge in [-0.05, 0) is 31.0 Å². The van der Waals surface area contributed by atoms with Crippen molar-refractivity contribution >= 4 is 17.4 Å². The van der Waals surface area contributed by atoms with Gasteiger partial charge in [-0.25, -0.2) is 15.0 Å². The summed E-state index contributed by atoms with van der Waals surface area (Å²) in [6.07, 6.45) is 6.08. The number of piperazine rings is 1. The van der Waals surface area contributed by atoms with Gasteiger partial charge in [0, 0.05) is 49.7 Å². The van der Waals surface area contributed by atoms with Crippen molar-refractivity contribution in [3.8, 4) is 11.5 Å². The summed E-state index contributed by atoms with van der Waals surface area (Å²) >= 11 is 0. The van der Waals surface area contributed by atoms with Crippen LogP contribution in [0.5, 0.6) is 0 Å². The molecule has 12 heteroatoms. The highest BCUT2D eigenvalue weighted by Gasteiger charge is 2.38. The molecule has 2 fully saturated rings. The Balaban J connectivity index is 1.30. The number of carbonyl (C=O) groups is 1. The number of anilines is 1. The fraction of sp³-hybridized carbons (Fsp3) is 0.375. The number of fused-ring (bicyclic) bond motifs is 1. The molecule has 0 spiro atoms. The van der Waals surface area contributed by atoms with E-state index in [0.717, 1.165) is 37.1 Å². The van der Waals surface area contributed by atoms with Crippen LogP contribution in [0.15, 0.2) is 49.2 Å². The Bertz CT molecular complexity index is 1400. The summed E-state index contributed by atoms with van der Waals surface area (Å²) in [5, 5.41) is 6.91. The van der Waals surface area contributed by atoms with Crippen molar-refractivity contribution < 1.29 is 18.0 Å². The third kappa shape index (κ3) is 3.95. The van der Waals surface area contributed by atoms with Gasteiger partial charge in [-0.15, -0.1) is 0 Å². The summed E-state index contributed by atoms with van der Waals surface area (Å²) in [7, 11) is 0. The molecular weight excluding hydrogens is 473 g/mol. The summed E-state index contributed by atoms with van der Waals surface area (Å²) in [5.74, 6) is 1.17. The van der Waals surface area contributed by atoms with Gasteiger partial charge in [-0.1, -0.05) is 6.42 Å². The predicted molar refractivity (Wildman–Crippen MR) is 124 cm³/mol. The molecule has 2 aliphatic rings. The maximum absolute atomic E-state index is 13.3. The Morgan fingerprint density at radius 1 is 1.08 bits per heavy atom. The Morgan fingerprint density at radius 3 is 2.67 bits per heavy atom. The van der Waals surface area contributed by atoms with Gasteiger partial charge in [0.25, 0.3) is 0 Å². The highest BCUT2D eigenvalue weighted by atomic mass is 19.4. The van der Waals surface area contributed by atoms with E-state index in [0.29, 0.717) is 36.8 Å². The van der Waals surface area contributed by atoms with E-state index in [-0.39, 0.29) is 23.7 Å². The van der Waals surface area contributed by atoms with Crippen molar-refractivity contribution in [3.63, 3.8) is 0 Å². The molecule has 0 aromatic carbocycles. The summed E-state index contributed by atoms with van der Waals surface area (Å²) < 4.78 is 41.2. The molecular formula is C24H23F3N8O. The van der Waals surface area contributed by atoms with Gasteiger partial charge in [0.05, 0.1) is 24.0 Å². The predicted octanol–water partition coefficient (Wildman–Crippen LogP) is 3.72. The van der Waals surface area contributed by atoms with Crippen LogP contribution in [0.4, 0.5) is 19.0 Å². The molecule has 1 unspecified atom stereocenters. The number of nitrogens with zero attached hydrogens (tertiary/aromatic N) is 7. The lowest BCUT2D eigenvalue weighted by atomic mass is 9.83. The first-order chi connectivity index (χ1) is 17.4. The second kappa shape index (κ2) is 8.61. The van der Waals surface area contributed by atoms with Crippen LogP contribution in [0.2, 0.25) is 0 Å². The van der Waals surface area contributed by atoms with Gasteiger partial charge >= 0.3 is 6.18 Å². The van der Waals surface area contributed by atoms with E-state index < -0.39 is 11.7 Å². The summed E-state index contributed by atoms with van der Waals surface area (Å²) in [4.78, 5) is 30.3. The number of nitrogens with one attached hydrogen (secondary N) is 1. The monoisotopic (exact) mass is 496 g/mol. The molecule has 1 amide bonds. The van der Waals surface area contributed by atoms with Crippen LogP contribution in [-0.4, -0.2) is 60.0 Å². The Labute approximate surface area is 204 Å². The molecule has 9 nitrogen and oxygen atoms in total. The van der Waals surface area contributed by atoms with Crippen LogP contribution in [-0.2, 0) is 11.0 Å². The molecule has 186 valence electrons. The van der Waals surface area contributed by atoms with Gasteiger partial charge in [0.1, 0.15) is 17.2 Å². The number of amides is 1. The molecule has 4 aromatic heterocycles. The van der Waals surface area contributed by atoms with Crippen molar-refractivity contribution in [1.29, 1.82) is 0 Å². The van der Waals surface area contributed by atoms with Gasteiger partial charge in [-0.3, -0.25) is 14.3 Å². The van der Waals surface area contributed by atoms with E-state index in [1.54, 1.807) is 24.7 Å². The quantitative estimate of drug-likeness (QED) is 0.463. The smallest absolute Gasteiger partial charge is 0.352 e. The van der Waals surface area contributed by atoms with Crippen LogP contribution in [0.3, 0.4) is 0 Å². The van der Waals surface area contributed by atoms with Crippen molar-refractivity contribution in [2.45, 2.75) is 31.5 Å². The van der Waals surface area contributed by atoms with Crippen LogP contribution in [0.1, 0.15) is 36.4 Å². The van der Waals surface area contributed by atoms with Gasteiger partial charge in [0.2, 0.25) is 5.91 Å². The average Bonchev–Trinajstić information content (AvgIpc) is 3.52. The molecule has 1 aliphatic heterocycles. The second-order valence-corrected chi connectivity index (χ2v) is 9.18. The van der Waals surface area contributed by atoms with E-state index in [9.17, 15) is 18.0 Å². The summed E-state index contributed by atoms with van der Waals surface area (Å²) in [6.45, 7) is 1.63. The van der Waals surface area contributed by atoms with Gasteiger partial charge < -0.3 is 9.80 Å². The van der Waals surface area contributed by atoms with Crippen LogP contribution in [0, 0.1) is 5.92 Å². The van der Waals surface area contributed by atoms with E-state index in [1.165, 1.54) is 16.7 Å². The summed E-state index contributed by atoms with van der Waals surface area (Å²) in [5.41, 5.74) is 0.877. The molecule has 1 saturated carbocycles. The number of halogens is 3. The number of aromatic nitrogens is 6. The van der Waals surface area contributed by atoms with Crippen molar-refractivity contribution in [3.05, 3.63) is 60.3 Å². The largest absolute Gasteiger partial charge is 0.417 e. The molecule has 1 atom stereocenters. The fourth-order valence-corrected chi connectivity index (χ4v) is 4.84. The molecule has 1 aliphatic carbocycles. The number of alkyl halides is 3. The average molecular weight is 496 g/mol. The lowest BCUT2D eigenvalue weighted by Crippen LogP contribution is -2.53. The minimum Gasteiger partial charge on any atom is -0.352 e. The first-order valence-electron chi connectivity index (χ1n) is 11.8. The number of hydrogen-bond acceptors (Lipinski definition) is 6. The third-order valence-corrected chi connectivity index (χ3v) is 7.05. The third-order valence-electron chi connectivity index (χ3n) is 7.05. The topological polar surface area (TPSA) is 95.3 Å². The van der Waals surface area contributed by atoms with Crippen LogP contribution in [0.25, 0.3) is 17.2 Å². The minimum atomic E-state index is -4.48. The SMILES string of the molecule is O=C(C1CCC1)N1CCN(c2ccnc(-c3cnc4ccc(C(F)(F)F)cn34)n2)CC1c1cn[nH]c1. The first kappa shape index (κ1) is 22.5. The van der Waals surface area contributed by atoms with Crippen molar-refractivity contribution in [1.82, 2.24) is 34.4 Å². The fourth-order valence-electron chi connectivity index (χ4n) is 4.84. The molecule has 0 bridgehead atoms. The number of aromatic amines is 1. The minimum absolute atomic E-state index is 0.0911. The van der Waals surface area contributed by atoms with Gasteiger partial charge in [0.15, 0.2) is 5.82 Å².